The van der Waals surface area contributed by atoms with Gasteiger partial charge in [-0.2, -0.15) is 13.2 Å². The van der Waals surface area contributed by atoms with E-state index in [1.165, 1.54) is 0 Å². The lowest BCUT2D eigenvalue weighted by Crippen LogP contribution is -2.40. The number of carbonyl (C=O) groups excluding carboxylic acids is 1. The van der Waals surface area contributed by atoms with Crippen LogP contribution >= 0.6 is 0 Å². The van der Waals surface area contributed by atoms with Crippen LogP contribution in [-0.4, -0.2) is 54.4 Å². The minimum Gasteiger partial charge on any atom is -0.494 e. The first-order valence-electron chi connectivity index (χ1n) is 8.70. The fourth-order valence-corrected chi connectivity index (χ4v) is 2.91. The van der Waals surface area contributed by atoms with Crippen LogP contribution in [0.1, 0.15) is 18.4 Å². The van der Waals surface area contributed by atoms with Crippen LogP contribution < -0.4 is 10.1 Å². The molecule has 27 heavy (non-hydrogen) atoms. The molecule has 0 aliphatic carbocycles. The number of carbonyl (C=O) groups is 2. The highest BCUT2D eigenvalue weighted by atomic mass is 19.4. The number of aryl methyl sites for hydroxylation is 1. The molecule has 2 amide bonds. The number of halogens is 3. The Hall–Kier alpha value is -2.45. The van der Waals surface area contributed by atoms with Crippen LogP contribution in [0, 0.1) is 18.8 Å². The molecule has 0 radical (unpaired) electrons. The molecule has 0 spiro atoms. The van der Waals surface area contributed by atoms with Gasteiger partial charge in [0, 0.05) is 19.6 Å². The molecule has 2 N–H and O–H groups in total. The summed E-state index contributed by atoms with van der Waals surface area (Å²) in [5.41, 5.74) is 1.13. The van der Waals surface area contributed by atoms with Gasteiger partial charge in [0.1, 0.15) is 5.75 Å². The predicted octanol–water partition coefficient (Wildman–Crippen LogP) is 3.06. The van der Waals surface area contributed by atoms with Gasteiger partial charge in [-0.15, -0.1) is 0 Å². The number of carboxylic acid groups (broad SMARTS) is 1. The average Bonchev–Trinajstić information content (AvgIpc) is 3.05. The molecule has 1 fully saturated rings. The molecule has 150 valence electrons. The number of urea groups is 1. The number of amides is 2. The lowest BCUT2D eigenvalue weighted by atomic mass is 9.96. The Morgan fingerprint density at radius 1 is 1.22 bits per heavy atom. The number of hydrogen-bond acceptors (Lipinski definition) is 3. The summed E-state index contributed by atoms with van der Waals surface area (Å²) < 4.78 is 44.3. The van der Waals surface area contributed by atoms with Crippen LogP contribution in [0.25, 0.3) is 0 Å². The summed E-state index contributed by atoms with van der Waals surface area (Å²) in [7, 11) is 0. The summed E-state index contributed by atoms with van der Waals surface area (Å²) in [6.45, 7) is 1.63. The maximum Gasteiger partial charge on any atom is 0.394 e. The zero-order chi connectivity index (χ0) is 20.0. The third-order valence-electron chi connectivity index (χ3n) is 4.48. The Kier molecular flexibility index (Phi) is 6.92. The Labute approximate surface area is 155 Å². The molecular formula is C18H23F3N2O4. The van der Waals surface area contributed by atoms with Crippen molar-refractivity contribution in [2.24, 2.45) is 11.8 Å². The van der Waals surface area contributed by atoms with E-state index in [-0.39, 0.29) is 6.54 Å². The van der Waals surface area contributed by atoms with Crippen molar-refractivity contribution in [2.45, 2.75) is 25.9 Å². The fourth-order valence-electron chi connectivity index (χ4n) is 2.91. The third kappa shape index (κ3) is 6.04. The second kappa shape index (κ2) is 8.96. The van der Waals surface area contributed by atoms with Gasteiger partial charge < -0.3 is 20.1 Å². The second-order valence-electron chi connectivity index (χ2n) is 6.60. The van der Waals surface area contributed by atoms with Gasteiger partial charge >= 0.3 is 18.2 Å². The minimum atomic E-state index is -4.65. The normalized spacial score (nSPS) is 19.8. The van der Waals surface area contributed by atoms with Crippen molar-refractivity contribution < 1.29 is 32.6 Å². The number of nitrogens with one attached hydrogen (secondary N) is 1. The number of ether oxygens (including phenoxy) is 1. The molecule has 0 aromatic heterocycles. The molecule has 2 rings (SSSR count). The van der Waals surface area contributed by atoms with Crippen LogP contribution in [0.4, 0.5) is 18.0 Å². The maximum absolute atomic E-state index is 12.9. The van der Waals surface area contributed by atoms with E-state index in [4.69, 9.17) is 9.84 Å². The lowest BCUT2D eigenvalue weighted by Gasteiger charge is -2.18. The summed E-state index contributed by atoms with van der Waals surface area (Å²) in [6.07, 6.45) is -3.39. The number of benzene rings is 1. The van der Waals surface area contributed by atoms with Crippen LogP contribution in [0.3, 0.4) is 0 Å². The highest BCUT2D eigenvalue weighted by Gasteiger charge is 2.53. The van der Waals surface area contributed by atoms with Gasteiger partial charge in [-0.05, 0) is 31.9 Å². The van der Waals surface area contributed by atoms with Crippen molar-refractivity contribution in [1.29, 1.82) is 0 Å². The van der Waals surface area contributed by atoms with Crippen LogP contribution in [0.5, 0.6) is 5.75 Å². The van der Waals surface area contributed by atoms with Gasteiger partial charge in [-0.25, -0.2) is 4.79 Å². The van der Waals surface area contributed by atoms with E-state index < -0.39 is 43.1 Å². The molecule has 1 aromatic carbocycles. The first-order valence-corrected chi connectivity index (χ1v) is 8.70. The zero-order valence-corrected chi connectivity index (χ0v) is 15.0. The highest BCUT2D eigenvalue weighted by Crippen LogP contribution is 2.37. The summed E-state index contributed by atoms with van der Waals surface area (Å²) >= 11 is 0. The van der Waals surface area contributed by atoms with Gasteiger partial charge in [-0.3, -0.25) is 4.79 Å². The van der Waals surface area contributed by atoms with E-state index in [0.717, 1.165) is 16.2 Å². The molecule has 0 bridgehead atoms. The largest absolute Gasteiger partial charge is 0.494 e. The summed E-state index contributed by atoms with van der Waals surface area (Å²) in [6, 6.07) is 6.92. The molecule has 1 aliphatic heterocycles. The first kappa shape index (κ1) is 20.9. The second-order valence-corrected chi connectivity index (χ2v) is 6.60. The number of likely N-dealkylation sites (tertiary alicyclic amines) is 1. The Balaban J connectivity index is 1.68. The van der Waals surface area contributed by atoms with E-state index in [9.17, 15) is 22.8 Å². The number of unbranched alkanes of at least 4 members (excludes halogenated alkanes) is 1. The predicted molar refractivity (Wildman–Crippen MR) is 91.6 cm³/mol. The Bertz CT molecular complexity index is 649. The van der Waals surface area contributed by atoms with E-state index in [1.807, 2.05) is 31.2 Å². The van der Waals surface area contributed by atoms with Gasteiger partial charge in [0.2, 0.25) is 0 Å². The van der Waals surface area contributed by atoms with Crippen molar-refractivity contribution in [1.82, 2.24) is 10.2 Å². The van der Waals surface area contributed by atoms with Crippen LogP contribution in [0.2, 0.25) is 0 Å². The average molecular weight is 388 g/mol. The standard InChI is InChI=1S/C18H23F3N2O4/c1-12-4-6-13(7-5-12)27-9-3-2-8-22-17(26)23-10-14(16(24)25)15(11-23)18(19,20)21/h4-7,14-15H,2-3,8-11H2,1H3,(H,22,26)(H,24,25)/t14-,15-/m1/s1. The Morgan fingerprint density at radius 2 is 1.89 bits per heavy atom. The van der Waals surface area contributed by atoms with E-state index in [2.05, 4.69) is 5.32 Å². The van der Waals surface area contributed by atoms with Crippen molar-refractivity contribution in [2.75, 3.05) is 26.2 Å². The molecule has 6 nitrogen and oxygen atoms in total. The SMILES string of the molecule is Cc1ccc(OCCCCNC(=O)N2C[C@@H](C(F)(F)F)[C@H](C(=O)O)C2)cc1. The van der Waals surface area contributed by atoms with Crippen LogP contribution in [0.15, 0.2) is 24.3 Å². The van der Waals surface area contributed by atoms with E-state index in [0.29, 0.717) is 19.4 Å². The zero-order valence-electron chi connectivity index (χ0n) is 15.0. The molecule has 1 heterocycles. The van der Waals surface area contributed by atoms with E-state index in [1.54, 1.807) is 0 Å². The number of nitrogens with zero attached hydrogens (tertiary/aromatic N) is 1. The summed E-state index contributed by atoms with van der Waals surface area (Å²) in [5.74, 6) is -4.46. The van der Waals surface area contributed by atoms with Crippen molar-refractivity contribution >= 4 is 12.0 Å². The highest BCUT2D eigenvalue weighted by molar-refractivity contribution is 5.77. The molecule has 1 aliphatic rings. The van der Waals surface area contributed by atoms with Gasteiger partial charge in [0.05, 0.1) is 18.4 Å². The molecule has 2 atom stereocenters. The maximum atomic E-state index is 12.9. The van der Waals surface area contributed by atoms with Gasteiger partial charge in [0.25, 0.3) is 0 Å². The number of carboxylic acids is 1. The summed E-state index contributed by atoms with van der Waals surface area (Å²) in [5, 5.41) is 11.5. The first-order chi connectivity index (χ1) is 12.7. The van der Waals surface area contributed by atoms with Crippen LogP contribution in [-0.2, 0) is 4.79 Å². The molecule has 0 unspecified atom stereocenters. The summed E-state index contributed by atoms with van der Waals surface area (Å²) in [4.78, 5) is 23.9. The monoisotopic (exact) mass is 388 g/mol. The molecule has 9 heteroatoms. The number of rotatable bonds is 7. The minimum absolute atomic E-state index is 0.279. The third-order valence-corrected chi connectivity index (χ3v) is 4.48. The number of hydrogen-bond donors (Lipinski definition) is 2. The smallest absolute Gasteiger partial charge is 0.394 e. The van der Waals surface area contributed by atoms with Crippen molar-refractivity contribution in [3.05, 3.63) is 29.8 Å². The van der Waals surface area contributed by atoms with Crippen molar-refractivity contribution in [3.63, 3.8) is 0 Å². The van der Waals surface area contributed by atoms with Gasteiger partial charge in [-0.1, -0.05) is 17.7 Å². The van der Waals surface area contributed by atoms with Gasteiger partial charge in [0.15, 0.2) is 0 Å². The lowest BCUT2D eigenvalue weighted by molar-refractivity contribution is -0.187. The van der Waals surface area contributed by atoms with Crippen molar-refractivity contribution in [3.8, 4) is 5.75 Å². The topological polar surface area (TPSA) is 78.9 Å². The molecule has 0 saturated carbocycles. The molecule has 1 saturated heterocycles. The Morgan fingerprint density at radius 3 is 2.44 bits per heavy atom. The number of aliphatic carboxylic acids is 1. The molecule has 1 aromatic rings. The van der Waals surface area contributed by atoms with E-state index >= 15 is 0 Å². The number of alkyl halides is 3. The quantitative estimate of drug-likeness (QED) is 0.704. The molecular weight excluding hydrogens is 365 g/mol. The fraction of sp³-hybridized carbons (Fsp3) is 0.556.